The standard InChI is InChI=1S/C9H14F3N3O3/c1-16-3-2-6(13)8-14-7(15-18-8)4-17-5-9(10,11)12/h6H,2-5,13H2,1H3. The second kappa shape index (κ2) is 6.66. The first kappa shape index (κ1) is 14.9. The smallest absolute Gasteiger partial charge is 0.385 e. The SMILES string of the molecule is COCCC(N)c1nc(COCC(F)(F)F)no1. The van der Waals surface area contributed by atoms with Gasteiger partial charge < -0.3 is 19.7 Å². The normalized spacial score (nSPS) is 13.8. The Morgan fingerprint density at radius 2 is 2.17 bits per heavy atom. The summed E-state index contributed by atoms with van der Waals surface area (Å²) in [5.74, 6) is 0.180. The first-order chi connectivity index (χ1) is 8.42. The van der Waals surface area contributed by atoms with Crippen LogP contribution in [0.15, 0.2) is 4.52 Å². The molecule has 0 fully saturated rings. The van der Waals surface area contributed by atoms with Crippen LogP contribution in [0.4, 0.5) is 13.2 Å². The van der Waals surface area contributed by atoms with E-state index >= 15 is 0 Å². The molecule has 1 rings (SSSR count). The zero-order chi connectivity index (χ0) is 13.6. The Morgan fingerprint density at radius 3 is 2.78 bits per heavy atom. The fourth-order valence-corrected chi connectivity index (χ4v) is 1.10. The van der Waals surface area contributed by atoms with Gasteiger partial charge in [-0.3, -0.25) is 0 Å². The number of ether oxygens (including phenoxy) is 2. The zero-order valence-corrected chi connectivity index (χ0v) is 9.74. The molecule has 0 saturated carbocycles. The summed E-state index contributed by atoms with van der Waals surface area (Å²) in [6, 6.07) is -0.506. The first-order valence-electron chi connectivity index (χ1n) is 5.14. The topological polar surface area (TPSA) is 83.4 Å². The van der Waals surface area contributed by atoms with Gasteiger partial charge in [-0.25, -0.2) is 0 Å². The van der Waals surface area contributed by atoms with Crippen LogP contribution in [0.5, 0.6) is 0 Å². The molecule has 0 bridgehead atoms. The number of methoxy groups -OCH3 is 1. The number of nitrogens with two attached hydrogens (primary N) is 1. The van der Waals surface area contributed by atoms with Crippen molar-refractivity contribution in [3.8, 4) is 0 Å². The molecular formula is C9H14F3N3O3. The fraction of sp³-hybridized carbons (Fsp3) is 0.778. The molecule has 1 unspecified atom stereocenters. The van der Waals surface area contributed by atoms with Crippen molar-refractivity contribution in [2.75, 3.05) is 20.3 Å². The highest BCUT2D eigenvalue weighted by molar-refractivity contribution is 4.90. The zero-order valence-electron chi connectivity index (χ0n) is 9.74. The molecule has 0 aromatic carbocycles. The average Bonchev–Trinajstić information content (AvgIpc) is 2.73. The Morgan fingerprint density at radius 1 is 1.44 bits per heavy atom. The van der Waals surface area contributed by atoms with Crippen LogP contribution in [-0.4, -0.2) is 36.6 Å². The third kappa shape index (κ3) is 5.43. The summed E-state index contributed by atoms with van der Waals surface area (Å²) in [7, 11) is 1.52. The molecule has 0 aliphatic carbocycles. The summed E-state index contributed by atoms with van der Waals surface area (Å²) in [5, 5.41) is 3.47. The van der Waals surface area contributed by atoms with Gasteiger partial charge in [0.15, 0.2) is 5.82 Å². The van der Waals surface area contributed by atoms with Gasteiger partial charge >= 0.3 is 6.18 Å². The second-order valence-corrected chi connectivity index (χ2v) is 3.54. The number of alkyl halides is 3. The molecule has 0 spiro atoms. The van der Waals surface area contributed by atoms with Crippen LogP contribution in [0.1, 0.15) is 24.2 Å². The van der Waals surface area contributed by atoms with Crippen molar-refractivity contribution in [2.45, 2.75) is 25.2 Å². The van der Waals surface area contributed by atoms with Gasteiger partial charge in [-0.05, 0) is 6.42 Å². The van der Waals surface area contributed by atoms with Crippen molar-refractivity contribution in [1.29, 1.82) is 0 Å². The Balaban J connectivity index is 2.38. The van der Waals surface area contributed by atoms with E-state index in [0.717, 1.165) is 0 Å². The van der Waals surface area contributed by atoms with Gasteiger partial charge in [-0.15, -0.1) is 0 Å². The molecule has 1 aromatic rings. The van der Waals surface area contributed by atoms with Gasteiger partial charge in [0.05, 0.1) is 6.04 Å². The molecule has 1 heterocycles. The van der Waals surface area contributed by atoms with Gasteiger partial charge in [-0.1, -0.05) is 5.16 Å². The average molecular weight is 269 g/mol. The Hall–Kier alpha value is -1.19. The predicted molar refractivity (Wildman–Crippen MR) is 53.4 cm³/mol. The summed E-state index contributed by atoms with van der Waals surface area (Å²) < 4.78 is 49.4. The summed E-state index contributed by atoms with van der Waals surface area (Å²) in [6.07, 6.45) is -3.90. The number of nitrogens with zero attached hydrogens (tertiary/aromatic N) is 2. The minimum atomic E-state index is -4.37. The fourth-order valence-electron chi connectivity index (χ4n) is 1.10. The third-order valence-electron chi connectivity index (χ3n) is 1.93. The summed E-state index contributed by atoms with van der Waals surface area (Å²) in [6.45, 7) is -1.31. The lowest BCUT2D eigenvalue weighted by molar-refractivity contribution is -0.177. The van der Waals surface area contributed by atoms with E-state index in [2.05, 4.69) is 14.9 Å². The van der Waals surface area contributed by atoms with Gasteiger partial charge in [0, 0.05) is 13.7 Å². The van der Waals surface area contributed by atoms with Crippen molar-refractivity contribution in [2.24, 2.45) is 5.73 Å². The van der Waals surface area contributed by atoms with E-state index in [0.29, 0.717) is 13.0 Å². The molecule has 0 saturated heterocycles. The van der Waals surface area contributed by atoms with Crippen molar-refractivity contribution in [3.05, 3.63) is 11.7 Å². The Bertz CT molecular complexity index is 356. The van der Waals surface area contributed by atoms with E-state index in [1.54, 1.807) is 0 Å². The number of aromatic nitrogens is 2. The quantitative estimate of drug-likeness (QED) is 0.800. The van der Waals surface area contributed by atoms with Crippen LogP contribution >= 0.6 is 0 Å². The Kier molecular flexibility index (Phi) is 5.51. The van der Waals surface area contributed by atoms with Crippen LogP contribution in [0.2, 0.25) is 0 Å². The van der Waals surface area contributed by atoms with Crippen LogP contribution in [0, 0.1) is 0 Å². The van der Waals surface area contributed by atoms with Crippen molar-refractivity contribution < 1.29 is 27.2 Å². The lowest BCUT2D eigenvalue weighted by atomic mass is 10.2. The van der Waals surface area contributed by atoms with E-state index in [1.165, 1.54) is 7.11 Å². The molecular weight excluding hydrogens is 255 g/mol. The van der Waals surface area contributed by atoms with E-state index < -0.39 is 18.8 Å². The third-order valence-corrected chi connectivity index (χ3v) is 1.93. The molecule has 0 aliphatic heterocycles. The number of hydrogen-bond acceptors (Lipinski definition) is 6. The molecule has 0 amide bonds. The lowest BCUT2D eigenvalue weighted by Gasteiger charge is -2.05. The molecule has 1 aromatic heterocycles. The molecule has 1 atom stereocenters. The van der Waals surface area contributed by atoms with Crippen LogP contribution in [0.3, 0.4) is 0 Å². The summed E-state index contributed by atoms with van der Waals surface area (Å²) >= 11 is 0. The number of halogens is 3. The largest absolute Gasteiger partial charge is 0.411 e. The maximum Gasteiger partial charge on any atom is 0.411 e. The lowest BCUT2D eigenvalue weighted by Crippen LogP contribution is -2.17. The molecule has 104 valence electrons. The number of hydrogen-bond donors (Lipinski definition) is 1. The van der Waals surface area contributed by atoms with Crippen molar-refractivity contribution in [1.82, 2.24) is 10.1 Å². The van der Waals surface area contributed by atoms with Crippen molar-refractivity contribution in [3.63, 3.8) is 0 Å². The maximum atomic E-state index is 11.8. The highest BCUT2D eigenvalue weighted by atomic mass is 19.4. The van der Waals surface area contributed by atoms with Gasteiger partial charge in [0.2, 0.25) is 5.89 Å². The van der Waals surface area contributed by atoms with Gasteiger partial charge in [-0.2, -0.15) is 18.2 Å². The predicted octanol–water partition coefficient (Wildman–Crippen LogP) is 1.18. The minimum absolute atomic E-state index is 0.0297. The van der Waals surface area contributed by atoms with Crippen molar-refractivity contribution >= 4 is 0 Å². The van der Waals surface area contributed by atoms with E-state index in [1.807, 2.05) is 0 Å². The van der Waals surface area contributed by atoms with Gasteiger partial charge in [0.1, 0.15) is 13.2 Å². The molecule has 0 radical (unpaired) electrons. The highest BCUT2D eigenvalue weighted by Gasteiger charge is 2.27. The summed E-state index contributed by atoms with van der Waals surface area (Å²) in [5.41, 5.74) is 5.70. The van der Waals surface area contributed by atoms with Crippen LogP contribution < -0.4 is 5.73 Å². The minimum Gasteiger partial charge on any atom is -0.385 e. The maximum absolute atomic E-state index is 11.8. The number of rotatable bonds is 7. The van der Waals surface area contributed by atoms with E-state index in [4.69, 9.17) is 15.0 Å². The monoisotopic (exact) mass is 269 g/mol. The van der Waals surface area contributed by atoms with E-state index in [9.17, 15) is 13.2 Å². The summed E-state index contributed by atoms with van der Waals surface area (Å²) in [4.78, 5) is 3.83. The molecule has 9 heteroatoms. The second-order valence-electron chi connectivity index (χ2n) is 3.54. The molecule has 18 heavy (non-hydrogen) atoms. The molecule has 0 aliphatic rings. The Labute approximate surface area is 101 Å². The van der Waals surface area contributed by atoms with Gasteiger partial charge in [0.25, 0.3) is 0 Å². The molecule has 6 nitrogen and oxygen atoms in total. The highest BCUT2D eigenvalue weighted by Crippen LogP contribution is 2.16. The van der Waals surface area contributed by atoms with Crippen LogP contribution in [0.25, 0.3) is 0 Å². The molecule has 2 N–H and O–H groups in total. The first-order valence-corrected chi connectivity index (χ1v) is 5.14. The van der Waals surface area contributed by atoms with E-state index in [-0.39, 0.29) is 18.3 Å². The van der Waals surface area contributed by atoms with Crippen LogP contribution in [-0.2, 0) is 16.1 Å².